The molecule has 98 valence electrons. The number of nitrogen functional groups attached to an aromatic ring is 1. The Balaban J connectivity index is 2.35. The number of nitrogens with zero attached hydrogens (tertiary/aromatic N) is 2. The van der Waals surface area contributed by atoms with Gasteiger partial charge in [-0.1, -0.05) is 6.92 Å². The molecule has 0 radical (unpaired) electrons. The number of rotatable bonds is 6. The van der Waals surface area contributed by atoms with Crippen molar-refractivity contribution in [1.29, 1.82) is 0 Å². The van der Waals surface area contributed by atoms with Crippen molar-refractivity contribution in [3.8, 4) is 0 Å². The summed E-state index contributed by atoms with van der Waals surface area (Å²) in [5, 5.41) is 8.88. The molecule has 0 fully saturated rings. The standard InChI is InChI=1S/C14H21N3O/c1-2-5-14-16-12-10-11(15)6-7-13(12)17(14)8-3-4-9-18/h6-7,10,18H,2-5,8-9,15H2,1H3. The summed E-state index contributed by atoms with van der Waals surface area (Å²) in [7, 11) is 0. The van der Waals surface area contributed by atoms with Crippen molar-refractivity contribution in [3.05, 3.63) is 24.0 Å². The lowest BCUT2D eigenvalue weighted by molar-refractivity contribution is 0.281. The number of aromatic nitrogens is 2. The lowest BCUT2D eigenvalue weighted by Gasteiger charge is -2.08. The first-order valence-electron chi connectivity index (χ1n) is 6.61. The zero-order valence-electron chi connectivity index (χ0n) is 10.9. The zero-order valence-corrected chi connectivity index (χ0v) is 10.9. The van der Waals surface area contributed by atoms with Gasteiger partial charge in [0, 0.05) is 25.3 Å². The molecule has 18 heavy (non-hydrogen) atoms. The van der Waals surface area contributed by atoms with Gasteiger partial charge in [0.05, 0.1) is 11.0 Å². The molecule has 1 aromatic heterocycles. The van der Waals surface area contributed by atoms with Crippen molar-refractivity contribution in [2.75, 3.05) is 12.3 Å². The molecule has 4 nitrogen and oxygen atoms in total. The minimum atomic E-state index is 0.253. The Morgan fingerprint density at radius 3 is 2.89 bits per heavy atom. The first kappa shape index (κ1) is 12.9. The maximum absolute atomic E-state index is 8.88. The largest absolute Gasteiger partial charge is 0.399 e. The number of aliphatic hydroxyl groups is 1. The molecule has 1 heterocycles. The molecule has 0 atom stereocenters. The number of hydrogen-bond donors (Lipinski definition) is 2. The van der Waals surface area contributed by atoms with Crippen LogP contribution in [0.15, 0.2) is 18.2 Å². The van der Waals surface area contributed by atoms with Crippen molar-refractivity contribution in [3.63, 3.8) is 0 Å². The average Bonchev–Trinajstić information content (AvgIpc) is 2.67. The van der Waals surface area contributed by atoms with E-state index in [4.69, 9.17) is 10.8 Å². The lowest BCUT2D eigenvalue weighted by atomic mass is 10.2. The van der Waals surface area contributed by atoms with Crippen LogP contribution >= 0.6 is 0 Å². The fourth-order valence-electron chi connectivity index (χ4n) is 2.24. The smallest absolute Gasteiger partial charge is 0.109 e. The highest BCUT2D eigenvalue weighted by molar-refractivity contribution is 5.79. The molecule has 1 aromatic carbocycles. The molecule has 3 N–H and O–H groups in total. The van der Waals surface area contributed by atoms with Crippen LogP contribution in [-0.4, -0.2) is 21.3 Å². The molecule has 0 aliphatic heterocycles. The Hall–Kier alpha value is -1.55. The number of nitrogens with two attached hydrogens (primary N) is 1. The molecule has 0 aliphatic carbocycles. The number of imidazole rings is 1. The average molecular weight is 247 g/mol. The fraction of sp³-hybridized carbons (Fsp3) is 0.500. The van der Waals surface area contributed by atoms with Crippen LogP contribution in [0.4, 0.5) is 5.69 Å². The summed E-state index contributed by atoms with van der Waals surface area (Å²) in [6.45, 7) is 3.32. The predicted molar refractivity (Wildman–Crippen MR) is 74.5 cm³/mol. The number of hydrogen-bond acceptors (Lipinski definition) is 3. The Bertz CT molecular complexity index is 519. The maximum Gasteiger partial charge on any atom is 0.109 e. The summed E-state index contributed by atoms with van der Waals surface area (Å²) < 4.78 is 2.26. The predicted octanol–water partition coefficient (Wildman–Crippen LogP) is 2.34. The molecule has 0 saturated heterocycles. The van der Waals surface area contributed by atoms with E-state index in [0.29, 0.717) is 0 Å². The molecular weight excluding hydrogens is 226 g/mol. The van der Waals surface area contributed by atoms with Gasteiger partial charge >= 0.3 is 0 Å². The molecule has 0 bridgehead atoms. The normalized spacial score (nSPS) is 11.2. The minimum absolute atomic E-state index is 0.253. The summed E-state index contributed by atoms with van der Waals surface area (Å²) in [6, 6.07) is 5.88. The zero-order chi connectivity index (χ0) is 13.0. The van der Waals surface area contributed by atoms with Gasteiger partial charge in [-0.2, -0.15) is 0 Å². The highest BCUT2D eigenvalue weighted by atomic mass is 16.2. The molecule has 0 amide bonds. The third-order valence-electron chi connectivity index (χ3n) is 3.11. The molecule has 2 aromatic rings. The SMILES string of the molecule is CCCc1nc2cc(N)ccc2n1CCCCO. The van der Waals surface area contributed by atoms with E-state index >= 15 is 0 Å². The topological polar surface area (TPSA) is 64.1 Å². The molecule has 0 aliphatic rings. The number of aliphatic hydroxyl groups excluding tert-OH is 1. The van der Waals surface area contributed by atoms with E-state index in [9.17, 15) is 0 Å². The van der Waals surface area contributed by atoms with Gasteiger partial charge in [0.15, 0.2) is 0 Å². The summed E-state index contributed by atoms with van der Waals surface area (Å²) in [6.07, 6.45) is 3.87. The van der Waals surface area contributed by atoms with E-state index in [1.807, 2.05) is 18.2 Å². The van der Waals surface area contributed by atoms with Crippen molar-refractivity contribution >= 4 is 16.7 Å². The first-order valence-corrected chi connectivity index (χ1v) is 6.61. The maximum atomic E-state index is 8.88. The van der Waals surface area contributed by atoms with Crippen LogP contribution in [0.25, 0.3) is 11.0 Å². The Kier molecular flexibility index (Phi) is 4.20. The van der Waals surface area contributed by atoms with Crippen molar-refractivity contribution in [1.82, 2.24) is 9.55 Å². The highest BCUT2D eigenvalue weighted by Crippen LogP contribution is 2.20. The number of unbranched alkanes of at least 4 members (excludes halogenated alkanes) is 1. The van der Waals surface area contributed by atoms with Crippen molar-refractivity contribution in [2.45, 2.75) is 39.2 Å². The van der Waals surface area contributed by atoms with Crippen molar-refractivity contribution < 1.29 is 5.11 Å². The van der Waals surface area contributed by atoms with Gasteiger partial charge in [-0.25, -0.2) is 4.98 Å². The Morgan fingerprint density at radius 2 is 2.17 bits per heavy atom. The number of fused-ring (bicyclic) bond motifs is 1. The first-order chi connectivity index (χ1) is 8.76. The summed E-state index contributed by atoms with van der Waals surface area (Å²) in [5.74, 6) is 1.12. The molecule has 0 spiro atoms. The third-order valence-corrected chi connectivity index (χ3v) is 3.11. The summed E-state index contributed by atoms with van der Waals surface area (Å²) in [4.78, 5) is 4.66. The van der Waals surface area contributed by atoms with E-state index in [2.05, 4.69) is 16.5 Å². The van der Waals surface area contributed by atoms with E-state index in [1.54, 1.807) is 0 Å². The van der Waals surface area contributed by atoms with Crippen LogP contribution in [0, 0.1) is 0 Å². The second-order valence-corrected chi connectivity index (χ2v) is 4.61. The second kappa shape index (κ2) is 5.87. The molecule has 4 heteroatoms. The van der Waals surface area contributed by atoms with Crippen LogP contribution in [0.5, 0.6) is 0 Å². The fourth-order valence-corrected chi connectivity index (χ4v) is 2.24. The van der Waals surface area contributed by atoms with Crippen molar-refractivity contribution in [2.24, 2.45) is 0 Å². The van der Waals surface area contributed by atoms with Crippen LogP contribution < -0.4 is 5.73 Å². The van der Waals surface area contributed by atoms with Gasteiger partial charge in [-0.3, -0.25) is 0 Å². The van der Waals surface area contributed by atoms with Gasteiger partial charge in [-0.15, -0.1) is 0 Å². The number of aryl methyl sites for hydroxylation is 2. The Morgan fingerprint density at radius 1 is 1.33 bits per heavy atom. The Labute approximate surface area is 107 Å². The van der Waals surface area contributed by atoms with Crippen LogP contribution in [0.2, 0.25) is 0 Å². The minimum Gasteiger partial charge on any atom is -0.399 e. The van der Waals surface area contributed by atoms with Gasteiger partial charge in [-0.05, 0) is 37.5 Å². The monoisotopic (exact) mass is 247 g/mol. The van der Waals surface area contributed by atoms with Gasteiger partial charge in [0.1, 0.15) is 5.82 Å². The molecule has 0 saturated carbocycles. The number of anilines is 1. The van der Waals surface area contributed by atoms with Crippen LogP contribution in [0.3, 0.4) is 0 Å². The second-order valence-electron chi connectivity index (χ2n) is 4.61. The molecular formula is C14H21N3O. The van der Waals surface area contributed by atoms with Gasteiger partial charge < -0.3 is 15.4 Å². The van der Waals surface area contributed by atoms with Gasteiger partial charge in [0.2, 0.25) is 0 Å². The third kappa shape index (κ3) is 2.64. The van der Waals surface area contributed by atoms with E-state index in [-0.39, 0.29) is 6.61 Å². The molecule has 0 unspecified atom stereocenters. The van der Waals surface area contributed by atoms with Gasteiger partial charge in [0.25, 0.3) is 0 Å². The summed E-state index contributed by atoms with van der Waals surface area (Å²) in [5.41, 5.74) is 8.67. The van der Waals surface area contributed by atoms with Crippen LogP contribution in [0.1, 0.15) is 32.0 Å². The lowest BCUT2D eigenvalue weighted by Crippen LogP contribution is -2.04. The summed E-state index contributed by atoms with van der Waals surface area (Å²) >= 11 is 0. The molecule has 2 rings (SSSR count). The highest BCUT2D eigenvalue weighted by Gasteiger charge is 2.09. The number of benzene rings is 1. The quantitative estimate of drug-likeness (QED) is 0.608. The van der Waals surface area contributed by atoms with E-state index < -0.39 is 0 Å². The van der Waals surface area contributed by atoms with E-state index in [0.717, 1.165) is 54.8 Å². The van der Waals surface area contributed by atoms with E-state index in [1.165, 1.54) is 0 Å². The van der Waals surface area contributed by atoms with Crippen LogP contribution in [-0.2, 0) is 13.0 Å².